The predicted octanol–water partition coefficient (Wildman–Crippen LogP) is 1.48. The SMILES string of the molecule is Nc1cc(F)cc(Br)c1N1CC(=O)CC1=O. The van der Waals surface area contributed by atoms with Gasteiger partial charge in [0.15, 0.2) is 5.78 Å². The van der Waals surface area contributed by atoms with Crippen LogP contribution >= 0.6 is 15.9 Å². The van der Waals surface area contributed by atoms with E-state index in [9.17, 15) is 14.0 Å². The van der Waals surface area contributed by atoms with Crippen LogP contribution in [0, 0.1) is 5.82 Å². The van der Waals surface area contributed by atoms with Crippen LogP contribution in [0.3, 0.4) is 0 Å². The Hall–Kier alpha value is -1.43. The molecule has 0 saturated carbocycles. The van der Waals surface area contributed by atoms with Gasteiger partial charge in [-0.3, -0.25) is 9.59 Å². The van der Waals surface area contributed by atoms with Crippen molar-refractivity contribution in [1.82, 2.24) is 0 Å². The van der Waals surface area contributed by atoms with Crippen molar-refractivity contribution in [3.8, 4) is 0 Å². The average molecular weight is 287 g/mol. The van der Waals surface area contributed by atoms with E-state index in [1.165, 1.54) is 11.0 Å². The summed E-state index contributed by atoms with van der Waals surface area (Å²) in [6.45, 7) is -0.00668. The summed E-state index contributed by atoms with van der Waals surface area (Å²) in [4.78, 5) is 23.9. The molecule has 1 aliphatic rings. The van der Waals surface area contributed by atoms with Crippen molar-refractivity contribution in [2.24, 2.45) is 0 Å². The van der Waals surface area contributed by atoms with E-state index in [1.54, 1.807) is 0 Å². The Bertz CT molecular complexity index is 467. The van der Waals surface area contributed by atoms with E-state index in [4.69, 9.17) is 5.73 Å². The Morgan fingerprint density at radius 2 is 2.06 bits per heavy atom. The first-order valence-electron chi connectivity index (χ1n) is 4.55. The highest BCUT2D eigenvalue weighted by molar-refractivity contribution is 9.10. The van der Waals surface area contributed by atoms with E-state index in [-0.39, 0.29) is 30.3 Å². The fourth-order valence-corrected chi connectivity index (χ4v) is 2.32. The summed E-state index contributed by atoms with van der Waals surface area (Å²) in [7, 11) is 0. The summed E-state index contributed by atoms with van der Waals surface area (Å²) < 4.78 is 13.4. The molecule has 0 unspecified atom stereocenters. The summed E-state index contributed by atoms with van der Waals surface area (Å²) in [5, 5.41) is 0. The summed E-state index contributed by atoms with van der Waals surface area (Å²) in [5.74, 6) is -0.976. The van der Waals surface area contributed by atoms with Crippen molar-refractivity contribution < 1.29 is 14.0 Å². The molecule has 16 heavy (non-hydrogen) atoms. The molecule has 1 heterocycles. The summed E-state index contributed by atoms with van der Waals surface area (Å²) in [6.07, 6.45) is -0.122. The molecule has 2 N–H and O–H groups in total. The zero-order valence-corrected chi connectivity index (χ0v) is 9.75. The molecule has 1 aromatic carbocycles. The third-order valence-corrected chi connectivity index (χ3v) is 2.92. The molecule has 6 heteroatoms. The molecular formula is C10H8BrFN2O2. The van der Waals surface area contributed by atoms with Gasteiger partial charge in [-0.1, -0.05) is 0 Å². The second-order valence-corrected chi connectivity index (χ2v) is 4.38. The maximum Gasteiger partial charge on any atom is 0.235 e. The Morgan fingerprint density at radius 1 is 1.38 bits per heavy atom. The predicted molar refractivity (Wildman–Crippen MR) is 60.5 cm³/mol. The lowest BCUT2D eigenvalue weighted by atomic mass is 10.2. The number of nitrogens with zero attached hydrogens (tertiary/aromatic N) is 1. The maximum atomic E-state index is 13.0. The minimum Gasteiger partial charge on any atom is -0.397 e. The molecule has 84 valence electrons. The van der Waals surface area contributed by atoms with Crippen LogP contribution in [0.4, 0.5) is 15.8 Å². The first-order valence-corrected chi connectivity index (χ1v) is 5.35. The highest BCUT2D eigenvalue weighted by atomic mass is 79.9. The molecule has 1 aliphatic heterocycles. The quantitative estimate of drug-likeness (QED) is 0.628. The number of carbonyl (C=O) groups excluding carboxylic acids is 2. The van der Waals surface area contributed by atoms with Crippen molar-refractivity contribution in [3.63, 3.8) is 0 Å². The van der Waals surface area contributed by atoms with Gasteiger partial charge < -0.3 is 10.6 Å². The van der Waals surface area contributed by atoms with E-state index < -0.39 is 5.82 Å². The Labute approximate surface area is 99.3 Å². The third kappa shape index (κ3) is 1.80. The zero-order valence-electron chi connectivity index (χ0n) is 8.17. The third-order valence-electron chi connectivity index (χ3n) is 2.31. The molecule has 0 aromatic heterocycles. The number of ketones is 1. The van der Waals surface area contributed by atoms with Crippen molar-refractivity contribution in [3.05, 3.63) is 22.4 Å². The van der Waals surface area contributed by atoms with Crippen LogP contribution in [0.5, 0.6) is 0 Å². The van der Waals surface area contributed by atoms with E-state index in [0.29, 0.717) is 10.2 Å². The van der Waals surface area contributed by atoms with Crippen LogP contribution in [-0.4, -0.2) is 18.2 Å². The molecule has 2 rings (SSSR count). The largest absolute Gasteiger partial charge is 0.397 e. The topological polar surface area (TPSA) is 63.4 Å². The minimum absolute atomic E-state index is 0.00668. The monoisotopic (exact) mass is 286 g/mol. The number of hydrogen-bond acceptors (Lipinski definition) is 3. The van der Waals surface area contributed by atoms with Gasteiger partial charge in [-0.15, -0.1) is 0 Å². The molecule has 0 spiro atoms. The lowest BCUT2D eigenvalue weighted by molar-refractivity contribution is -0.121. The van der Waals surface area contributed by atoms with Gasteiger partial charge in [0, 0.05) is 4.47 Å². The smallest absolute Gasteiger partial charge is 0.235 e. The first-order chi connectivity index (χ1) is 7.49. The fourth-order valence-electron chi connectivity index (χ4n) is 1.66. The first kappa shape index (κ1) is 11.1. The molecule has 0 aliphatic carbocycles. The van der Waals surface area contributed by atoms with E-state index in [2.05, 4.69) is 15.9 Å². The highest BCUT2D eigenvalue weighted by Gasteiger charge is 2.31. The number of carbonyl (C=O) groups is 2. The van der Waals surface area contributed by atoms with Crippen LogP contribution in [0.1, 0.15) is 6.42 Å². The number of halogens is 2. The molecule has 0 bridgehead atoms. The van der Waals surface area contributed by atoms with Crippen LogP contribution in [-0.2, 0) is 9.59 Å². The normalized spacial score (nSPS) is 16.0. The molecular weight excluding hydrogens is 279 g/mol. The van der Waals surface area contributed by atoms with Crippen LogP contribution in [0.25, 0.3) is 0 Å². The average Bonchev–Trinajstić information content (AvgIpc) is 2.43. The van der Waals surface area contributed by atoms with Gasteiger partial charge in [-0.05, 0) is 28.1 Å². The van der Waals surface area contributed by atoms with Crippen molar-refractivity contribution in [2.45, 2.75) is 6.42 Å². The standard InChI is InChI=1S/C10H8BrFN2O2/c11-7-1-5(12)2-8(13)10(7)14-4-6(15)3-9(14)16/h1-2H,3-4,13H2. The van der Waals surface area contributed by atoms with Gasteiger partial charge in [-0.25, -0.2) is 4.39 Å². The van der Waals surface area contributed by atoms with Crippen LogP contribution < -0.4 is 10.6 Å². The number of benzene rings is 1. The Balaban J connectivity index is 2.48. The van der Waals surface area contributed by atoms with Gasteiger partial charge in [0.2, 0.25) is 5.91 Å². The van der Waals surface area contributed by atoms with Crippen LogP contribution in [0.2, 0.25) is 0 Å². The highest BCUT2D eigenvalue weighted by Crippen LogP contribution is 2.35. The fraction of sp³-hybridized carbons (Fsp3) is 0.200. The molecule has 1 fully saturated rings. The zero-order chi connectivity index (χ0) is 11.9. The van der Waals surface area contributed by atoms with Crippen molar-refractivity contribution in [1.29, 1.82) is 0 Å². The summed E-state index contributed by atoms with van der Waals surface area (Å²) in [5.41, 5.74) is 6.13. The minimum atomic E-state index is -0.494. The van der Waals surface area contributed by atoms with Gasteiger partial charge in [0.1, 0.15) is 5.82 Å². The molecule has 1 amide bonds. The summed E-state index contributed by atoms with van der Waals surface area (Å²) >= 11 is 3.13. The van der Waals surface area contributed by atoms with E-state index in [1.807, 2.05) is 0 Å². The van der Waals surface area contributed by atoms with Gasteiger partial charge in [0.05, 0.1) is 24.3 Å². The lowest BCUT2D eigenvalue weighted by Gasteiger charge is -2.18. The molecule has 4 nitrogen and oxygen atoms in total. The Morgan fingerprint density at radius 3 is 2.56 bits per heavy atom. The van der Waals surface area contributed by atoms with Gasteiger partial charge in [-0.2, -0.15) is 0 Å². The molecule has 0 radical (unpaired) electrons. The number of Topliss-reactive ketones (excluding diaryl/α,β-unsaturated/α-hetero) is 1. The van der Waals surface area contributed by atoms with E-state index >= 15 is 0 Å². The second-order valence-electron chi connectivity index (χ2n) is 3.52. The van der Waals surface area contributed by atoms with E-state index in [0.717, 1.165) is 6.07 Å². The number of anilines is 2. The molecule has 1 aromatic rings. The number of rotatable bonds is 1. The lowest BCUT2D eigenvalue weighted by Crippen LogP contribution is -2.26. The Kier molecular flexibility index (Phi) is 2.67. The number of amides is 1. The van der Waals surface area contributed by atoms with Gasteiger partial charge in [0.25, 0.3) is 0 Å². The van der Waals surface area contributed by atoms with Crippen molar-refractivity contribution >= 4 is 39.0 Å². The maximum absolute atomic E-state index is 13.0. The second kappa shape index (κ2) is 3.86. The van der Waals surface area contributed by atoms with Gasteiger partial charge >= 0.3 is 0 Å². The number of nitrogens with two attached hydrogens (primary N) is 1. The number of nitrogen functional groups attached to an aromatic ring is 1. The van der Waals surface area contributed by atoms with Crippen LogP contribution in [0.15, 0.2) is 16.6 Å². The van der Waals surface area contributed by atoms with Crippen molar-refractivity contribution in [2.75, 3.05) is 17.2 Å². The molecule has 1 saturated heterocycles. The molecule has 0 atom stereocenters. The number of hydrogen-bond donors (Lipinski definition) is 1. The summed E-state index contributed by atoms with van der Waals surface area (Å²) in [6, 6.07) is 2.33.